The largest absolute Gasteiger partial charge is 0.495 e. The lowest BCUT2D eigenvalue weighted by molar-refractivity contribution is -0.141. The molecule has 0 saturated heterocycles. The van der Waals surface area contributed by atoms with Crippen LogP contribution in [0.5, 0.6) is 5.75 Å². The molecule has 0 aromatic heterocycles. The maximum absolute atomic E-state index is 11.3. The van der Waals surface area contributed by atoms with Crippen LogP contribution in [0.25, 0.3) is 10.8 Å². The van der Waals surface area contributed by atoms with E-state index in [2.05, 4.69) is 11.8 Å². The summed E-state index contributed by atoms with van der Waals surface area (Å²) in [6.45, 7) is 2.15. The van der Waals surface area contributed by atoms with E-state index in [4.69, 9.17) is 9.47 Å². The number of benzene rings is 2. The Balaban J connectivity index is 2.37. The molecule has 2 aromatic rings. The van der Waals surface area contributed by atoms with Crippen LogP contribution in [0, 0.1) is 11.8 Å². The van der Waals surface area contributed by atoms with Gasteiger partial charge in [0.15, 0.2) is 0 Å². The number of hydrogen-bond donors (Lipinski definition) is 0. The Bertz CT molecular complexity index is 677. The number of fused-ring (bicyclic) bond motifs is 1. The van der Waals surface area contributed by atoms with Gasteiger partial charge in [-0.05, 0) is 18.4 Å². The normalized spacial score (nSPS) is 9.70. The standard InChI is InChI=1S/C17H16O3/c1-3-20-17(18)10-6-9-15-14-8-5-4-7-13(14)11-12-16(15)19-2/h4-5,7-8,11-12H,3,10H2,1-2H3. The lowest BCUT2D eigenvalue weighted by Crippen LogP contribution is -2.01. The lowest BCUT2D eigenvalue weighted by Gasteiger charge is -2.06. The number of hydrogen-bond acceptors (Lipinski definition) is 3. The van der Waals surface area contributed by atoms with Crippen LogP contribution in [0.4, 0.5) is 0 Å². The van der Waals surface area contributed by atoms with Gasteiger partial charge in [-0.1, -0.05) is 42.2 Å². The predicted molar refractivity (Wildman–Crippen MR) is 78.6 cm³/mol. The average Bonchev–Trinajstić information content (AvgIpc) is 2.47. The van der Waals surface area contributed by atoms with Crippen LogP contribution in [0.1, 0.15) is 18.9 Å². The van der Waals surface area contributed by atoms with Crippen molar-refractivity contribution in [3.63, 3.8) is 0 Å². The second-order valence-electron chi connectivity index (χ2n) is 4.15. The Labute approximate surface area is 118 Å². The van der Waals surface area contributed by atoms with Gasteiger partial charge in [-0.25, -0.2) is 0 Å². The maximum Gasteiger partial charge on any atom is 0.317 e. The molecule has 0 aliphatic carbocycles. The van der Waals surface area contributed by atoms with E-state index in [1.54, 1.807) is 14.0 Å². The first-order valence-corrected chi connectivity index (χ1v) is 6.46. The molecule has 20 heavy (non-hydrogen) atoms. The molecular formula is C17H16O3. The van der Waals surface area contributed by atoms with E-state index in [-0.39, 0.29) is 12.4 Å². The van der Waals surface area contributed by atoms with Crippen molar-refractivity contribution in [3.8, 4) is 17.6 Å². The van der Waals surface area contributed by atoms with Crippen LogP contribution in [0.2, 0.25) is 0 Å². The van der Waals surface area contributed by atoms with Gasteiger partial charge in [0.1, 0.15) is 12.2 Å². The van der Waals surface area contributed by atoms with Gasteiger partial charge in [-0.15, -0.1) is 0 Å². The van der Waals surface area contributed by atoms with Crippen molar-refractivity contribution in [2.24, 2.45) is 0 Å². The highest BCUT2D eigenvalue weighted by Gasteiger charge is 2.05. The van der Waals surface area contributed by atoms with Crippen molar-refractivity contribution in [2.45, 2.75) is 13.3 Å². The molecule has 2 aromatic carbocycles. The highest BCUT2D eigenvalue weighted by molar-refractivity contribution is 5.90. The molecule has 0 bridgehead atoms. The van der Waals surface area contributed by atoms with Crippen LogP contribution in [0.3, 0.4) is 0 Å². The zero-order chi connectivity index (χ0) is 14.4. The van der Waals surface area contributed by atoms with Crippen molar-refractivity contribution >= 4 is 16.7 Å². The number of carbonyl (C=O) groups is 1. The second kappa shape index (κ2) is 6.63. The van der Waals surface area contributed by atoms with Gasteiger partial charge in [0.2, 0.25) is 0 Å². The van der Waals surface area contributed by atoms with E-state index >= 15 is 0 Å². The van der Waals surface area contributed by atoms with E-state index < -0.39 is 0 Å². The summed E-state index contributed by atoms with van der Waals surface area (Å²) >= 11 is 0. The maximum atomic E-state index is 11.3. The molecule has 3 nitrogen and oxygen atoms in total. The predicted octanol–water partition coefficient (Wildman–Crippen LogP) is 3.15. The zero-order valence-electron chi connectivity index (χ0n) is 11.6. The van der Waals surface area contributed by atoms with Gasteiger partial charge in [-0.3, -0.25) is 4.79 Å². The minimum atomic E-state index is -0.306. The molecule has 0 fully saturated rings. The van der Waals surface area contributed by atoms with Crippen molar-refractivity contribution in [1.29, 1.82) is 0 Å². The van der Waals surface area contributed by atoms with Crippen LogP contribution in [-0.4, -0.2) is 19.7 Å². The molecule has 102 valence electrons. The van der Waals surface area contributed by atoms with E-state index in [9.17, 15) is 4.79 Å². The number of esters is 1. The van der Waals surface area contributed by atoms with Crippen LogP contribution >= 0.6 is 0 Å². The molecule has 0 aliphatic rings. The van der Waals surface area contributed by atoms with Gasteiger partial charge in [-0.2, -0.15) is 0 Å². The SMILES string of the molecule is CCOC(=O)CC#Cc1c(OC)ccc2ccccc12. The molecule has 3 heteroatoms. The molecule has 0 spiro atoms. The summed E-state index contributed by atoms with van der Waals surface area (Å²) < 4.78 is 10.2. The van der Waals surface area contributed by atoms with Gasteiger partial charge < -0.3 is 9.47 Å². The Kier molecular flexibility index (Phi) is 4.62. The first-order chi connectivity index (χ1) is 9.76. The summed E-state index contributed by atoms with van der Waals surface area (Å²) in [5.41, 5.74) is 0.801. The van der Waals surface area contributed by atoms with Crippen LogP contribution < -0.4 is 4.74 Å². The Morgan fingerprint density at radius 2 is 2.00 bits per heavy atom. The molecule has 0 aliphatic heterocycles. The summed E-state index contributed by atoms with van der Waals surface area (Å²) in [6.07, 6.45) is 0.0835. The molecule has 0 unspecified atom stereocenters. The van der Waals surface area contributed by atoms with Crippen molar-refractivity contribution in [3.05, 3.63) is 42.0 Å². The first-order valence-electron chi connectivity index (χ1n) is 6.46. The van der Waals surface area contributed by atoms with E-state index in [1.165, 1.54) is 0 Å². The molecule has 0 atom stereocenters. The van der Waals surface area contributed by atoms with Crippen molar-refractivity contribution in [1.82, 2.24) is 0 Å². The monoisotopic (exact) mass is 268 g/mol. The minimum Gasteiger partial charge on any atom is -0.495 e. The Hall–Kier alpha value is -2.47. The van der Waals surface area contributed by atoms with Crippen molar-refractivity contribution < 1.29 is 14.3 Å². The molecular weight excluding hydrogens is 252 g/mol. The zero-order valence-corrected chi connectivity index (χ0v) is 11.6. The first kappa shape index (κ1) is 14.0. The topological polar surface area (TPSA) is 35.5 Å². The minimum absolute atomic E-state index is 0.0835. The summed E-state index contributed by atoms with van der Waals surface area (Å²) in [5, 5.41) is 2.11. The third-order valence-electron chi connectivity index (χ3n) is 2.86. The molecule has 2 rings (SSSR count). The second-order valence-corrected chi connectivity index (χ2v) is 4.15. The molecule has 0 amide bonds. The average molecular weight is 268 g/mol. The van der Waals surface area contributed by atoms with E-state index in [0.29, 0.717) is 12.4 Å². The fourth-order valence-corrected chi connectivity index (χ4v) is 1.97. The summed E-state index contributed by atoms with van der Waals surface area (Å²) in [4.78, 5) is 11.3. The van der Waals surface area contributed by atoms with E-state index in [0.717, 1.165) is 16.3 Å². The smallest absolute Gasteiger partial charge is 0.317 e. The Morgan fingerprint density at radius 1 is 1.20 bits per heavy atom. The molecule has 0 saturated carbocycles. The molecule has 0 heterocycles. The lowest BCUT2D eigenvalue weighted by atomic mass is 10.0. The number of methoxy groups -OCH3 is 1. The quantitative estimate of drug-likeness (QED) is 0.633. The Morgan fingerprint density at radius 3 is 2.75 bits per heavy atom. The third kappa shape index (κ3) is 3.10. The summed E-state index contributed by atoms with van der Waals surface area (Å²) in [7, 11) is 1.61. The third-order valence-corrected chi connectivity index (χ3v) is 2.86. The highest BCUT2D eigenvalue weighted by atomic mass is 16.5. The van der Waals surface area contributed by atoms with Gasteiger partial charge in [0.25, 0.3) is 0 Å². The highest BCUT2D eigenvalue weighted by Crippen LogP contribution is 2.26. The van der Waals surface area contributed by atoms with Gasteiger partial charge in [0, 0.05) is 5.39 Å². The van der Waals surface area contributed by atoms with Crippen LogP contribution in [0.15, 0.2) is 36.4 Å². The number of carbonyl (C=O) groups excluding carboxylic acids is 1. The van der Waals surface area contributed by atoms with Gasteiger partial charge in [0.05, 0.1) is 19.3 Å². The van der Waals surface area contributed by atoms with Crippen LogP contribution in [-0.2, 0) is 9.53 Å². The summed E-state index contributed by atoms with van der Waals surface area (Å²) in [6, 6.07) is 11.8. The molecule has 0 N–H and O–H groups in total. The fraction of sp³-hybridized carbons (Fsp3) is 0.235. The summed E-state index contributed by atoms with van der Waals surface area (Å²) in [5.74, 6) is 6.27. The molecule has 0 radical (unpaired) electrons. The van der Waals surface area contributed by atoms with Crippen molar-refractivity contribution in [2.75, 3.05) is 13.7 Å². The fourth-order valence-electron chi connectivity index (χ4n) is 1.97. The van der Waals surface area contributed by atoms with Gasteiger partial charge >= 0.3 is 5.97 Å². The number of ether oxygens (including phenoxy) is 2. The van der Waals surface area contributed by atoms with E-state index in [1.807, 2.05) is 36.4 Å². The number of rotatable bonds is 3.